The van der Waals surface area contributed by atoms with Crippen LogP contribution in [0.3, 0.4) is 0 Å². The number of hydrogen-bond acceptors (Lipinski definition) is 4. The maximum absolute atomic E-state index is 12.8. The molecule has 0 spiro atoms. The summed E-state index contributed by atoms with van der Waals surface area (Å²) in [6.07, 6.45) is 4.81. The number of fused-ring (bicyclic) bond motifs is 1. The van der Waals surface area contributed by atoms with Crippen LogP contribution in [-0.4, -0.2) is 48.3 Å². The molecule has 7 nitrogen and oxygen atoms in total. The molecule has 1 aromatic rings. The molecule has 1 aromatic carbocycles. The topological polar surface area (TPSA) is 105 Å². The third-order valence-electron chi connectivity index (χ3n) is 5.67. The molecular formula is C21H30N4O3. The number of nitrogens with zero attached hydrogens (tertiary/aromatic N) is 1. The zero-order chi connectivity index (χ0) is 19.9. The largest absolute Gasteiger partial charge is 0.354 e. The Balaban J connectivity index is 1.52. The van der Waals surface area contributed by atoms with E-state index in [0.29, 0.717) is 38.8 Å². The summed E-state index contributed by atoms with van der Waals surface area (Å²) in [6, 6.07) is 7.84. The van der Waals surface area contributed by atoms with Crippen LogP contribution < -0.4 is 16.4 Å². The van der Waals surface area contributed by atoms with Gasteiger partial charge in [0.2, 0.25) is 17.7 Å². The SMILES string of the molecule is NCCC(=O)NCC1CCCCN1C(=O)CCC1Cc2ccccc2NC1=O. The molecule has 7 heteroatoms. The monoisotopic (exact) mass is 386 g/mol. The normalized spacial score (nSPS) is 21.6. The van der Waals surface area contributed by atoms with E-state index < -0.39 is 0 Å². The van der Waals surface area contributed by atoms with E-state index in [-0.39, 0.29) is 29.7 Å². The summed E-state index contributed by atoms with van der Waals surface area (Å²) in [7, 11) is 0. The second-order valence-electron chi connectivity index (χ2n) is 7.67. The molecule has 1 fully saturated rings. The van der Waals surface area contributed by atoms with Crippen LogP contribution in [0.15, 0.2) is 24.3 Å². The molecule has 2 heterocycles. The highest BCUT2D eigenvalue weighted by Crippen LogP contribution is 2.28. The molecular weight excluding hydrogens is 356 g/mol. The number of hydrogen-bond donors (Lipinski definition) is 3. The molecule has 2 aliphatic heterocycles. The van der Waals surface area contributed by atoms with Crippen molar-refractivity contribution in [2.45, 2.75) is 51.0 Å². The van der Waals surface area contributed by atoms with Gasteiger partial charge in [-0.25, -0.2) is 0 Å². The van der Waals surface area contributed by atoms with Crippen LogP contribution in [-0.2, 0) is 20.8 Å². The summed E-state index contributed by atoms with van der Waals surface area (Å²) >= 11 is 0. The van der Waals surface area contributed by atoms with E-state index in [1.807, 2.05) is 29.2 Å². The summed E-state index contributed by atoms with van der Waals surface area (Å²) < 4.78 is 0. The molecule has 152 valence electrons. The van der Waals surface area contributed by atoms with Gasteiger partial charge in [-0.2, -0.15) is 0 Å². The maximum Gasteiger partial charge on any atom is 0.227 e. The van der Waals surface area contributed by atoms with Gasteiger partial charge < -0.3 is 21.3 Å². The molecule has 28 heavy (non-hydrogen) atoms. The zero-order valence-corrected chi connectivity index (χ0v) is 16.3. The Morgan fingerprint density at radius 1 is 1.21 bits per heavy atom. The van der Waals surface area contributed by atoms with E-state index in [1.54, 1.807) is 0 Å². The molecule has 2 aliphatic rings. The van der Waals surface area contributed by atoms with Gasteiger partial charge in [-0.1, -0.05) is 18.2 Å². The second kappa shape index (κ2) is 9.68. The first-order valence-electron chi connectivity index (χ1n) is 10.2. The molecule has 0 aliphatic carbocycles. The van der Waals surface area contributed by atoms with Gasteiger partial charge in [0.05, 0.1) is 0 Å². The summed E-state index contributed by atoms with van der Waals surface area (Å²) in [5.41, 5.74) is 7.40. The lowest BCUT2D eigenvalue weighted by Gasteiger charge is -2.36. The van der Waals surface area contributed by atoms with E-state index in [1.165, 1.54) is 0 Å². The van der Waals surface area contributed by atoms with Crippen LogP contribution in [0.4, 0.5) is 5.69 Å². The Labute approximate surface area is 166 Å². The van der Waals surface area contributed by atoms with E-state index in [0.717, 1.165) is 37.1 Å². The lowest BCUT2D eigenvalue weighted by molar-refractivity contribution is -0.136. The van der Waals surface area contributed by atoms with Crippen molar-refractivity contribution >= 4 is 23.4 Å². The number of carbonyl (C=O) groups is 3. The first kappa shape index (κ1) is 20.3. The number of anilines is 1. The smallest absolute Gasteiger partial charge is 0.227 e. The number of amides is 3. The van der Waals surface area contributed by atoms with E-state index in [4.69, 9.17) is 5.73 Å². The third kappa shape index (κ3) is 5.10. The van der Waals surface area contributed by atoms with Gasteiger partial charge in [-0.05, 0) is 43.7 Å². The Morgan fingerprint density at radius 3 is 2.86 bits per heavy atom. The van der Waals surface area contributed by atoms with Gasteiger partial charge in [-0.3, -0.25) is 14.4 Å². The molecule has 1 saturated heterocycles. The highest BCUT2D eigenvalue weighted by atomic mass is 16.2. The summed E-state index contributed by atoms with van der Waals surface area (Å²) in [5, 5.41) is 5.83. The Hall–Kier alpha value is -2.41. The first-order valence-corrected chi connectivity index (χ1v) is 10.2. The number of nitrogens with two attached hydrogens (primary N) is 1. The zero-order valence-electron chi connectivity index (χ0n) is 16.3. The van der Waals surface area contributed by atoms with Crippen molar-refractivity contribution < 1.29 is 14.4 Å². The minimum Gasteiger partial charge on any atom is -0.354 e. The third-order valence-corrected chi connectivity index (χ3v) is 5.67. The lowest BCUT2D eigenvalue weighted by Crippen LogP contribution is -2.49. The van der Waals surface area contributed by atoms with Crippen LogP contribution in [0.2, 0.25) is 0 Å². The fourth-order valence-electron chi connectivity index (χ4n) is 4.08. The van der Waals surface area contributed by atoms with Gasteiger partial charge >= 0.3 is 0 Å². The Morgan fingerprint density at radius 2 is 2.04 bits per heavy atom. The van der Waals surface area contributed by atoms with Crippen molar-refractivity contribution in [3.05, 3.63) is 29.8 Å². The van der Waals surface area contributed by atoms with E-state index >= 15 is 0 Å². The van der Waals surface area contributed by atoms with Gasteiger partial charge in [0.15, 0.2) is 0 Å². The molecule has 3 rings (SSSR count). The van der Waals surface area contributed by atoms with Crippen LogP contribution in [0, 0.1) is 5.92 Å². The number of likely N-dealkylation sites (tertiary alicyclic amines) is 1. The minimum atomic E-state index is -0.175. The first-order chi connectivity index (χ1) is 13.6. The van der Waals surface area contributed by atoms with Crippen LogP contribution >= 0.6 is 0 Å². The lowest BCUT2D eigenvalue weighted by atomic mass is 9.89. The van der Waals surface area contributed by atoms with Crippen molar-refractivity contribution in [3.8, 4) is 0 Å². The summed E-state index contributed by atoms with van der Waals surface area (Å²) in [4.78, 5) is 38.8. The Bertz CT molecular complexity index is 721. The number of nitrogens with one attached hydrogen (secondary N) is 2. The number of para-hydroxylation sites is 1. The van der Waals surface area contributed by atoms with Gasteiger partial charge in [-0.15, -0.1) is 0 Å². The fourth-order valence-corrected chi connectivity index (χ4v) is 4.08. The predicted octanol–water partition coefficient (Wildman–Crippen LogP) is 1.42. The highest BCUT2D eigenvalue weighted by molar-refractivity contribution is 5.96. The molecule has 0 aromatic heterocycles. The van der Waals surface area contributed by atoms with Crippen LogP contribution in [0.5, 0.6) is 0 Å². The maximum atomic E-state index is 12.8. The van der Waals surface area contributed by atoms with Gasteiger partial charge in [0, 0.05) is 50.1 Å². The van der Waals surface area contributed by atoms with Crippen molar-refractivity contribution in [3.63, 3.8) is 0 Å². The highest BCUT2D eigenvalue weighted by Gasteiger charge is 2.30. The minimum absolute atomic E-state index is 0.00394. The number of benzene rings is 1. The average Bonchev–Trinajstić information content (AvgIpc) is 2.71. The number of piperidine rings is 1. The molecule has 2 atom stereocenters. The van der Waals surface area contributed by atoms with Gasteiger partial charge in [0.25, 0.3) is 0 Å². The quantitative estimate of drug-likeness (QED) is 0.659. The standard InChI is InChI=1S/C21H30N4O3/c22-11-10-19(26)23-14-17-6-3-4-12-25(17)20(27)9-8-16-13-15-5-1-2-7-18(15)24-21(16)28/h1-2,5,7,16-17H,3-4,6,8-14,22H2,(H,23,26)(H,24,28). The number of rotatable bonds is 7. The fraction of sp³-hybridized carbons (Fsp3) is 0.571. The van der Waals surface area contributed by atoms with Crippen molar-refractivity contribution in [2.24, 2.45) is 11.7 Å². The molecule has 0 bridgehead atoms. The number of carbonyl (C=O) groups excluding carboxylic acids is 3. The second-order valence-corrected chi connectivity index (χ2v) is 7.67. The molecule has 0 saturated carbocycles. The molecule has 0 radical (unpaired) electrons. The Kier molecular flexibility index (Phi) is 7.03. The predicted molar refractivity (Wildman–Crippen MR) is 108 cm³/mol. The molecule has 2 unspecified atom stereocenters. The molecule has 3 amide bonds. The van der Waals surface area contributed by atoms with Crippen molar-refractivity contribution in [1.82, 2.24) is 10.2 Å². The molecule has 4 N–H and O–H groups in total. The van der Waals surface area contributed by atoms with Crippen molar-refractivity contribution in [1.29, 1.82) is 0 Å². The van der Waals surface area contributed by atoms with Crippen LogP contribution in [0.1, 0.15) is 44.1 Å². The van der Waals surface area contributed by atoms with E-state index in [9.17, 15) is 14.4 Å². The average molecular weight is 386 g/mol. The summed E-state index contributed by atoms with van der Waals surface area (Å²) in [5.74, 6) is -0.176. The summed E-state index contributed by atoms with van der Waals surface area (Å²) in [6.45, 7) is 1.52. The van der Waals surface area contributed by atoms with Crippen molar-refractivity contribution in [2.75, 3.05) is 25.0 Å². The van der Waals surface area contributed by atoms with Gasteiger partial charge in [0.1, 0.15) is 0 Å². The van der Waals surface area contributed by atoms with E-state index in [2.05, 4.69) is 10.6 Å². The van der Waals surface area contributed by atoms with Crippen LogP contribution in [0.25, 0.3) is 0 Å².